The molecule has 5 heteroatoms. The number of rotatable bonds is 2. The highest BCUT2D eigenvalue weighted by molar-refractivity contribution is 6.35. The van der Waals surface area contributed by atoms with Crippen molar-refractivity contribution in [2.45, 2.75) is 26.2 Å². The van der Waals surface area contributed by atoms with E-state index < -0.39 is 11.8 Å². The van der Waals surface area contributed by atoms with Gasteiger partial charge in [0.1, 0.15) is 0 Å². The first-order valence-corrected chi connectivity index (χ1v) is 6.86. The SMILES string of the molecule is Cc1ccc(/C=N\NC(=O)C(=O)N2CCCCC2)cc1. The number of carbonyl (C=O) groups excluding carboxylic acids is 2. The van der Waals surface area contributed by atoms with E-state index in [9.17, 15) is 9.59 Å². The molecule has 0 aliphatic carbocycles. The van der Waals surface area contributed by atoms with Gasteiger partial charge in [-0.15, -0.1) is 0 Å². The van der Waals surface area contributed by atoms with Crippen molar-refractivity contribution in [1.82, 2.24) is 10.3 Å². The first kappa shape index (κ1) is 14.2. The largest absolute Gasteiger partial charge is 0.334 e. The van der Waals surface area contributed by atoms with Crippen molar-refractivity contribution in [2.24, 2.45) is 5.10 Å². The fourth-order valence-electron chi connectivity index (χ4n) is 2.11. The zero-order valence-electron chi connectivity index (χ0n) is 11.6. The van der Waals surface area contributed by atoms with Crippen LogP contribution in [0.3, 0.4) is 0 Å². The molecule has 1 aromatic carbocycles. The van der Waals surface area contributed by atoms with E-state index in [1.54, 1.807) is 4.90 Å². The van der Waals surface area contributed by atoms with Crippen LogP contribution in [0.4, 0.5) is 0 Å². The molecule has 0 unspecified atom stereocenters. The predicted molar refractivity (Wildman–Crippen MR) is 77.3 cm³/mol. The molecule has 2 amide bonds. The zero-order valence-corrected chi connectivity index (χ0v) is 11.6. The first-order chi connectivity index (χ1) is 9.66. The summed E-state index contributed by atoms with van der Waals surface area (Å²) in [6, 6.07) is 7.72. The zero-order chi connectivity index (χ0) is 14.4. The normalized spacial score (nSPS) is 15.3. The maximum atomic E-state index is 11.8. The molecule has 0 radical (unpaired) electrons. The standard InChI is InChI=1S/C15H19N3O2/c1-12-5-7-13(8-6-12)11-16-17-14(19)15(20)18-9-3-2-4-10-18/h5-8,11H,2-4,9-10H2,1H3,(H,17,19)/b16-11-. The summed E-state index contributed by atoms with van der Waals surface area (Å²) in [6.07, 6.45) is 4.58. The van der Waals surface area contributed by atoms with E-state index in [0.29, 0.717) is 13.1 Å². The van der Waals surface area contributed by atoms with Crippen LogP contribution >= 0.6 is 0 Å². The van der Waals surface area contributed by atoms with E-state index in [0.717, 1.165) is 30.4 Å². The van der Waals surface area contributed by atoms with E-state index in [-0.39, 0.29) is 0 Å². The van der Waals surface area contributed by atoms with Crippen molar-refractivity contribution in [2.75, 3.05) is 13.1 Å². The third-order valence-corrected chi connectivity index (χ3v) is 3.29. The third kappa shape index (κ3) is 3.91. The highest BCUT2D eigenvalue weighted by Crippen LogP contribution is 2.08. The number of hydrazone groups is 1. The van der Waals surface area contributed by atoms with Crippen LogP contribution < -0.4 is 5.43 Å². The van der Waals surface area contributed by atoms with Crippen LogP contribution in [0.25, 0.3) is 0 Å². The topological polar surface area (TPSA) is 61.8 Å². The van der Waals surface area contributed by atoms with Crippen molar-refractivity contribution >= 4 is 18.0 Å². The lowest BCUT2D eigenvalue weighted by atomic mass is 10.1. The van der Waals surface area contributed by atoms with Gasteiger partial charge in [-0.1, -0.05) is 29.8 Å². The second-order valence-electron chi connectivity index (χ2n) is 4.96. The summed E-state index contributed by atoms with van der Waals surface area (Å²) in [4.78, 5) is 25.1. The Hall–Kier alpha value is -2.17. The van der Waals surface area contributed by atoms with Crippen LogP contribution in [0.1, 0.15) is 30.4 Å². The Morgan fingerprint density at radius 3 is 2.45 bits per heavy atom. The van der Waals surface area contributed by atoms with Crippen LogP contribution in [0.15, 0.2) is 29.4 Å². The summed E-state index contributed by atoms with van der Waals surface area (Å²) < 4.78 is 0. The molecular formula is C15H19N3O2. The molecule has 1 saturated heterocycles. The van der Waals surface area contributed by atoms with Crippen LogP contribution in [-0.2, 0) is 9.59 Å². The Morgan fingerprint density at radius 1 is 1.15 bits per heavy atom. The van der Waals surface area contributed by atoms with Crippen molar-refractivity contribution in [3.63, 3.8) is 0 Å². The van der Waals surface area contributed by atoms with Gasteiger partial charge >= 0.3 is 11.8 Å². The number of benzene rings is 1. The summed E-state index contributed by atoms with van der Waals surface area (Å²) in [5, 5.41) is 3.82. The molecule has 5 nitrogen and oxygen atoms in total. The van der Waals surface area contributed by atoms with Gasteiger partial charge in [0.2, 0.25) is 0 Å². The van der Waals surface area contributed by atoms with Crippen molar-refractivity contribution < 1.29 is 9.59 Å². The summed E-state index contributed by atoms with van der Waals surface area (Å²) >= 11 is 0. The summed E-state index contributed by atoms with van der Waals surface area (Å²) in [7, 11) is 0. The Balaban J connectivity index is 1.84. The van der Waals surface area contributed by atoms with Crippen LogP contribution in [0.5, 0.6) is 0 Å². The number of likely N-dealkylation sites (tertiary alicyclic amines) is 1. The van der Waals surface area contributed by atoms with E-state index in [2.05, 4.69) is 10.5 Å². The number of carbonyl (C=O) groups is 2. The Labute approximate surface area is 118 Å². The molecule has 1 aromatic rings. The Morgan fingerprint density at radius 2 is 1.80 bits per heavy atom. The second kappa shape index (κ2) is 6.84. The van der Waals surface area contributed by atoms with E-state index in [4.69, 9.17) is 0 Å². The highest BCUT2D eigenvalue weighted by Gasteiger charge is 2.22. The average molecular weight is 273 g/mol. The molecule has 0 spiro atoms. The Bertz CT molecular complexity index is 502. The second-order valence-corrected chi connectivity index (χ2v) is 4.96. The number of hydrogen-bond donors (Lipinski definition) is 1. The van der Waals surface area contributed by atoms with Gasteiger partial charge in [0.05, 0.1) is 6.21 Å². The molecule has 0 atom stereocenters. The van der Waals surface area contributed by atoms with Gasteiger partial charge in [0, 0.05) is 13.1 Å². The van der Waals surface area contributed by atoms with Gasteiger partial charge in [-0.2, -0.15) is 5.10 Å². The van der Waals surface area contributed by atoms with Gasteiger partial charge in [-0.3, -0.25) is 9.59 Å². The van der Waals surface area contributed by atoms with Crippen molar-refractivity contribution in [1.29, 1.82) is 0 Å². The van der Waals surface area contributed by atoms with Crippen LogP contribution in [0.2, 0.25) is 0 Å². The molecule has 2 rings (SSSR count). The summed E-state index contributed by atoms with van der Waals surface area (Å²) in [5.74, 6) is -1.17. The Kier molecular flexibility index (Phi) is 4.87. The van der Waals surface area contributed by atoms with E-state index in [1.165, 1.54) is 6.21 Å². The van der Waals surface area contributed by atoms with Crippen molar-refractivity contribution in [3.8, 4) is 0 Å². The minimum absolute atomic E-state index is 0.495. The smallest absolute Gasteiger partial charge is 0.329 e. The fraction of sp³-hybridized carbons (Fsp3) is 0.400. The van der Waals surface area contributed by atoms with Gasteiger partial charge < -0.3 is 4.90 Å². The number of hydrogen-bond acceptors (Lipinski definition) is 3. The monoisotopic (exact) mass is 273 g/mol. The average Bonchev–Trinajstić information content (AvgIpc) is 2.49. The summed E-state index contributed by atoms with van der Waals surface area (Å²) in [5.41, 5.74) is 4.32. The summed E-state index contributed by atoms with van der Waals surface area (Å²) in [6.45, 7) is 3.32. The van der Waals surface area contributed by atoms with Gasteiger partial charge in [0.25, 0.3) is 0 Å². The molecule has 1 aliphatic heterocycles. The molecule has 106 valence electrons. The van der Waals surface area contributed by atoms with Gasteiger partial charge in [-0.05, 0) is 31.7 Å². The number of piperidine rings is 1. The predicted octanol–water partition coefficient (Wildman–Crippen LogP) is 1.46. The van der Waals surface area contributed by atoms with Gasteiger partial charge in [0.15, 0.2) is 0 Å². The molecule has 1 aliphatic rings. The molecule has 20 heavy (non-hydrogen) atoms. The molecule has 0 aromatic heterocycles. The molecule has 1 fully saturated rings. The number of aryl methyl sites for hydroxylation is 1. The van der Waals surface area contributed by atoms with Gasteiger partial charge in [-0.25, -0.2) is 5.43 Å². The lowest BCUT2D eigenvalue weighted by molar-refractivity contribution is -0.146. The molecule has 0 bridgehead atoms. The molecule has 1 heterocycles. The molecule has 0 saturated carbocycles. The number of nitrogens with one attached hydrogen (secondary N) is 1. The van der Waals surface area contributed by atoms with Crippen LogP contribution in [0, 0.1) is 6.92 Å². The lowest BCUT2D eigenvalue weighted by Gasteiger charge is -2.25. The maximum Gasteiger partial charge on any atom is 0.329 e. The highest BCUT2D eigenvalue weighted by atomic mass is 16.2. The first-order valence-electron chi connectivity index (χ1n) is 6.86. The lowest BCUT2D eigenvalue weighted by Crippen LogP contribution is -2.43. The van der Waals surface area contributed by atoms with E-state index >= 15 is 0 Å². The molecular weight excluding hydrogens is 254 g/mol. The number of nitrogens with zero attached hydrogens (tertiary/aromatic N) is 2. The number of amides is 2. The van der Waals surface area contributed by atoms with Crippen LogP contribution in [-0.4, -0.2) is 36.0 Å². The van der Waals surface area contributed by atoms with Crippen molar-refractivity contribution in [3.05, 3.63) is 35.4 Å². The minimum atomic E-state index is -0.671. The maximum absolute atomic E-state index is 11.8. The third-order valence-electron chi connectivity index (χ3n) is 3.29. The fourth-order valence-corrected chi connectivity index (χ4v) is 2.11. The quantitative estimate of drug-likeness (QED) is 0.504. The minimum Gasteiger partial charge on any atom is -0.334 e. The van der Waals surface area contributed by atoms with E-state index in [1.807, 2.05) is 31.2 Å². The molecule has 1 N–H and O–H groups in total.